The van der Waals surface area contributed by atoms with Gasteiger partial charge >= 0.3 is 5.97 Å². The maximum atomic E-state index is 9.65. The smallest absolute Gasteiger partial charge is 0.322 e. The van der Waals surface area contributed by atoms with Crippen molar-refractivity contribution in [1.29, 1.82) is 0 Å². The summed E-state index contributed by atoms with van der Waals surface area (Å²) >= 11 is 0. The molecule has 8 heavy (non-hydrogen) atoms. The second kappa shape index (κ2) is 5.41. The van der Waals surface area contributed by atoms with Crippen LogP contribution in [0.4, 0.5) is 0 Å². The molecule has 0 rings (SSSR count). The number of aliphatic carboxylic acids is 1. The topological polar surface area (TPSA) is 83.5 Å². The van der Waals surface area contributed by atoms with Crippen molar-refractivity contribution >= 4 is 32.2 Å². The maximum Gasteiger partial charge on any atom is 0.322 e. The van der Waals surface area contributed by atoms with Gasteiger partial charge in [0, 0.05) is 26.2 Å². The number of hydrogen-bond acceptors (Lipinski definition) is 3. The molecule has 0 unspecified atom stereocenters. The van der Waals surface area contributed by atoms with Crippen molar-refractivity contribution in [2.24, 2.45) is 5.73 Å². The molecule has 0 aliphatic heterocycles. The Bertz CT molecular complexity index is 76.9. The minimum Gasteiger partial charge on any atom is -0.480 e. The molecule has 0 aromatic carbocycles. The zero-order chi connectivity index (χ0) is 5.86. The quantitative estimate of drug-likeness (QED) is 0.515. The van der Waals surface area contributed by atoms with E-state index < -0.39 is 18.6 Å². The minimum absolute atomic E-state index is 0. The van der Waals surface area contributed by atoms with Crippen LogP contribution in [0.25, 0.3) is 0 Å². The fourth-order valence-corrected chi connectivity index (χ4v) is 0.0781. The molecule has 0 saturated heterocycles. The Morgan fingerprint density at radius 3 is 2.12 bits per heavy atom. The van der Waals surface area contributed by atoms with Crippen LogP contribution in [0.15, 0.2) is 0 Å². The van der Waals surface area contributed by atoms with Crippen molar-refractivity contribution < 1.29 is 15.0 Å². The maximum absolute atomic E-state index is 9.65. The minimum atomic E-state index is -1.18. The molecule has 0 heterocycles. The summed E-state index contributed by atoms with van der Waals surface area (Å²) in [5.74, 6) is -1.18. The first kappa shape index (κ1) is 11.1. The normalized spacial score (nSPS) is 11.8. The number of rotatable bonds is 2. The summed E-state index contributed by atoms with van der Waals surface area (Å²) in [6.07, 6.45) is 0. The predicted molar refractivity (Wildman–Crippen MR) is 28.5 cm³/mol. The molecule has 0 aromatic heterocycles. The van der Waals surface area contributed by atoms with E-state index in [9.17, 15) is 4.79 Å². The van der Waals surface area contributed by atoms with Crippen LogP contribution >= 0.6 is 0 Å². The summed E-state index contributed by atoms with van der Waals surface area (Å²) < 4.78 is 0. The molecule has 4 N–H and O–H groups in total. The molecular formula is C3H7BiNO3. The molecule has 1 atom stereocenters. The van der Waals surface area contributed by atoms with Gasteiger partial charge in [-0.15, -0.1) is 0 Å². The fraction of sp³-hybridized carbons (Fsp3) is 0.667. The van der Waals surface area contributed by atoms with Crippen LogP contribution in [-0.2, 0) is 4.79 Å². The Morgan fingerprint density at radius 2 is 2.12 bits per heavy atom. The van der Waals surface area contributed by atoms with Crippen LogP contribution in [-0.4, -0.2) is 55.0 Å². The van der Waals surface area contributed by atoms with Gasteiger partial charge in [0.25, 0.3) is 0 Å². The largest absolute Gasteiger partial charge is 0.480 e. The van der Waals surface area contributed by atoms with E-state index in [0.717, 1.165) is 0 Å². The SMILES string of the molecule is N[C@@H](CO)C(=O)O.[Bi]. The molecule has 0 aliphatic carbocycles. The average molecular weight is 314 g/mol. The Morgan fingerprint density at radius 1 is 1.75 bits per heavy atom. The van der Waals surface area contributed by atoms with Gasteiger partial charge in [0.2, 0.25) is 0 Å². The van der Waals surface area contributed by atoms with Gasteiger partial charge in [-0.05, 0) is 0 Å². The summed E-state index contributed by atoms with van der Waals surface area (Å²) in [5.41, 5.74) is 4.77. The summed E-state index contributed by atoms with van der Waals surface area (Å²) in [6, 6.07) is -1.13. The summed E-state index contributed by atoms with van der Waals surface area (Å²) in [6.45, 7) is -0.505. The second-order valence-electron chi connectivity index (χ2n) is 1.13. The zero-order valence-corrected chi connectivity index (χ0v) is 7.59. The first-order chi connectivity index (χ1) is 3.18. The van der Waals surface area contributed by atoms with Crippen molar-refractivity contribution in [2.45, 2.75) is 6.04 Å². The number of carbonyl (C=O) groups is 1. The summed E-state index contributed by atoms with van der Waals surface area (Å²) in [5, 5.41) is 15.9. The van der Waals surface area contributed by atoms with E-state index in [-0.39, 0.29) is 26.2 Å². The van der Waals surface area contributed by atoms with Gasteiger partial charge in [0.15, 0.2) is 0 Å². The summed E-state index contributed by atoms with van der Waals surface area (Å²) in [4.78, 5) is 9.65. The van der Waals surface area contributed by atoms with Crippen LogP contribution in [0.1, 0.15) is 0 Å². The Labute approximate surface area is 65.8 Å². The number of carboxylic acid groups (broad SMARTS) is 1. The Balaban J connectivity index is 0. The van der Waals surface area contributed by atoms with Gasteiger partial charge < -0.3 is 15.9 Å². The number of aliphatic hydroxyl groups excluding tert-OH is 1. The van der Waals surface area contributed by atoms with Gasteiger partial charge in [-0.2, -0.15) is 0 Å². The molecule has 0 bridgehead atoms. The van der Waals surface area contributed by atoms with Crippen LogP contribution in [0, 0.1) is 0 Å². The van der Waals surface area contributed by atoms with Crippen molar-refractivity contribution in [3.8, 4) is 0 Å². The predicted octanol–water partition coefficient (Wildman–Crippen LogP) is -1.99. The molecule has 0 spiro atoms. The first-order valence-electron chi connectivity index (χ1n) is 1.77. The summed E-state index contributed by atoms with van der Waals surface area (Å²) in [7, 11) is 0. The van der Waals surface area contributed by atoms with Crippen molar-refractivity contribution in [1.82, 2.24) is 0 Å². The van der Waals surface area contributed by atoms with E-state index in [1.54, 1.807) is 0 Å². The van der Waals surface area contributed by atoms with Crippen molar-refractivity contribution in [2.75, 3.05) is 6.61 Å². The van der Waals surface area contributed by atoms with Gasteiger partial charge in [0.05, 0.1) is 6.61 Å². The van der Waals surface area contributed by atoms with Crippen LogP contribution in [0.3, 0.4) is 0 Å². The molecule has 0 aromatic rings. The van der Waals surface area contributed by atoms with Gasteiger partial charge in [0.1, 0.15) is 6.04 Å². The van der Waals surface area contributed by atoms with E-state index in [1.165, 1.54) is 0 Å². The van der Waals surface area contributed by atoms with Crippen LogP contribution in [0.2, 0.25) is 0 Å². The monoisotopic (exact) mass is 314 g/mol. The molecular weight excluding hydrogens is 307 g/mol. The third kappa shape index (κ3) is 4.43. The molecule has 5 heteroatoms. The number of aliphatic hydroxyl groups is 1. The zero-order valence-electron chi connectivity index (χ0n) is 4.11. The van der Waals surface area contributed by atoms with Gasteiger partial charge in [-0.1, -0.05) is 0 Å². The standard InChI is InChI=1S/C3H7NO3.Bi/c4-2(1-5)3(6)7;/h2,5H,1,4H2,(H,6,7);/t2-;/m0./s1. The first-order valence-corrected chi connectivity index (χ1v) is 1.77. The molecule has 3 radical (unpaired) electrons. The third-order valence-electron chi connectivity index (χ3n) is 0.514. The molecule has 0 saturated carbocycles. The van der Waals surface area contributed by atoms with E-state index in [1.807, 2.05) is 0 Å². The van der Waals surface area contributed by atoms with Gasteiger partial charge in [-0.25, -0.2) is 0 Å². The van der Waals surface area contributed by atoms with Crippen LogP contribution < -0.4 is 5.73 Å². The molecule has 0 fully saturated rings. The number of carboxylic acids is 1. The van der Waals surface area contributed by atoms with Crippen molar-refractivity contribution in [3.63, 3.8) is 0 Å². The van der Waals surface area contributed by atoms with Crippen LogP contribution in [0.5, 0.6) is 0 Å². The third-order valence-corrected chi connectivity index (χ3v) is 0.514. The van der Waals surface area contributed by atoms with E-state index in [0.29, 0.717) is 0 Å². The van der Waals surface area contributed by atoms with Gasteiger partial charge in [-0.3, -0.25) is 4.79 Å². The van der Waals surface area contributed by atoms with E-state index >= 15 is 0 Å². The molecule has 0 aliphatic rings. The van der Waals surface area contributed by atoms with Crippen molar-refractivity contribution in [3.05, 3.63) is 0 Å². The molecule has 4 nitrogen and oxygen atoms in total. The molecule has 0 amide bonds. The fourth-order valence-electron chi connectivity index (χ4n) is 0.0781. The second-order valence-corrected chi connectivity index (χ2v) is 1.13. The Hall–Kier alpha value is 0.273. The van der Waals surface area contributed by atoms with E-state index in [2.05, 4.69) is 0 Å². The Kier molecular flexibility index (Phi) is 7.52. The van der Waals surface area contributed by atoms with E-state index in [4.69, 9.17) is 15.9 Å². The number of nitrogens with two attached hydrogens (primary N) is 1. The molecule has 47 valence electrons. The average Bonchev–Trinajstić information content (AvgIpc) is 1.65. The number of hydrogen-bond donors (Lipinski definition) is 3.